The minimum atomic E-state index is -0.447. The fraction of sp³-hybridized carbons (Fsp3) is 0.0476. The van der Waals surface area contributed by atoms with Gasteiger partial charge in [-0.2, -0.15) is 0 Å². The van der Waals surface area contributed by atoms with Crippen LogP contribution in [0.4, 0.5) is 0 Å². The summed E-state index contributed by atoms with van der Waals surface area (Å²) in [4.78, 5) is 17.5. The highest BCUT2D eigenvalue weighted by molar-refractivity contribution is 9.10. The quantitative estimate of drug-likeness (QED) is 0.437. The molecule has 4 aromatic rings. The number of hydrogen-bond acceptors (Lipinski definition) is 3. The highest BCUT2D eigenvalue weighted by Crippen LogP contribution is 2.28. The molecule has 0 saturated carbocycles. The molecule has 0 unspecified atom stereocenters. The largest absolute Gasteiger partial charge is 0.366 e. The Labute approximate surface area is 169 Å². The molecule has 4 rings (SSSR count). The summed E-state index contributed by atoms with van der Waals surface area (Å²) in [7, 11) is 0. The molecule has 3 aromatic carbocycles. The van der Waals surface area contributed by atoms with Crippen LogP contribution in [0.3, 0.4) is 0 Å². The number of amides is 1. The molecule has 4 nitrogen and oxygen atoms in total. The van der Waals surface area contributed by atoms with Gasteiger partial charge in [-0.05, 0) is 54.6 Å². The fourth-order valence-corrected chi connectivity index (χ4v) is 4.01. The van der Waals surface area contributed by atoms with Crippen LogP contribution in [0.5, 0.6) is 0 Å². The Balaban J connectivity index is 1.77. The number of primary amides is 1. The van der Waals surface area contributed by atoms with Gasteiger partial charge in [-0.25, -0.2) is 4.98 Å². The summed E-state index contributed by atoms with van der Waals surface area (Å²) < 4.78 is 3.19. The maximum atomic E-state index is 11.5. The minimum absolute atomic E-state index is 0.447. The van der Waals surface area contributed by atoms with Crippen molar-refractivity contribution in [3.63, 3.8) is 0 Å². The van der Waals surface area contributed by atoms with Crippen molar-refractivity contribution in [3.05, 3.63) is 88.7 Å². The topological polar surface area (TPSA) is 60.9 Å². The molecule has 2 N–H and O–H groups in total. The normalized spacial score (nSPS) is 11.0. The fourth-order valence-electron chi connectivity index (χ4n) is 2.92. The van der Waals surface area contributed by atoms with Gasteiger partial charge in [0.05, 0.1) is 16.8 Å². The molecule has 1 amide bonds. The zero-order chi connectivity index (χ0) is 18.8. The first kappa shape index (κ1) is 17.8. The summed E-state index contributed by atoms with van der Waals surface area (Å²) in [5, 5.41) is 0. The van der Waals surface area contributed by atoms with Crippen molar-refractivity contribution in [1.29, 1.82) is 0 Å². The van der Waals surface area contributed by atoms with Gasteiger partial charge in [0.2, 0.25) is 5.91 Å². The standard InChI is InChI=1S/C21H16BrN3OS/c22-15-7-9-17(10-8-15)27-13-20-24-18-12-14(21(23)26)6-11-19(18)25(20)16-4-2-1-3-5-16/h1-12H,13H2,(H2,23,26). The van der Waals surface area contributed by atoms with Crippen LogP contribution < -0.4 is 5.73 Å². The molecule has 6 heteroatoms. The first-order valence-electron chi connectivity index (χ1n) is 8.37. The molecule has 0 atom stereocenters. The van der Waals surface area contributed by atoms with E-state index in [1.54, 1.807) is 23.9 Å². The van der Waals surface area contributed by atoms with Crippen LogP contribution in [0, 0.1) is 0 Å². The molecule has 0 saturated heterocycles. The van der Waals surface area contributed by atoms with Crippen LogP contribution in [-0.4, -0.2) is 15.5 Å². The maximum absolute atomic E-state index is 11.5. The van der Waals surface area contributed by atoms with E-state index in [0.717, 1.165) is 27.0 Å². The number of benzene rings is 3. The lowest BCUT2D eigenvalue weighted by atomic mass is 10.2. The number of carbonyl (C=O) groups excluding carboxylic acids is 1. The number of thioether (sulfide) groups is 1. The molecule has 0 aliphatic rings. The van der Waals surface area contributed by atoms with E-state index < -0.39 is 5.91 Å². The molecule has 0 aliphatic carbocycles. The van der Waals surface area contributed by atoms with Crippen LogP contribution in [0.1, 0.15) is 16.2 Å². The van der Waals surface area contributed by atoms with Crippen LogP contribution in [-0.2, 0) is 5.75 Å². The third-order valence-electron chi connectivity index (χ3n) is 4.20. The molecule has 1 aromatic heterocycles. The van der Waals surface area contributed by atoms with Crippen LogP contribution in [0.25, 0.3) is 16.7 Å². The zero-order valence-electron chi connectivity index (χ0n) is 14.3. The SMILES string of the molecule is NC(=O)c1ccc2c(c1)nc(CSc1ccc(Br)cc1)n2-c1ccccc1. The van der Waals surface area contributed by atoms with Crippen LogP contribution in [0.15, 0.2) is 82.2 Å². The molecule has 0 radical (unpaired) electrons. The van der Waals surface area contributed by atoms with Crippen molar-refractivity contribution in [2.75, 3.05) is 0 Å². The first-order valence-corrected chi connectivity index (χ1v) is 10.1. The Hall–Kier alpha value is -2.57. The lowest BCUT2D eigenvalue weighted by Crippen LogP contribution is -2.10. The minimum Gasteiger partial charge on any atom is -0.366 e. The predicted octanol–water partition coefficient (Wildman–Crippen LogP) is 5.18. The molecular formula is C21H16BrN3OS. The van der Waals surface area contributed by atoms with E-state index in [2.05, 4.69) is 44.8 Å². The van der Waals surface area contributed by atoms with Gasteiger partial charge in [-0.1, -0.05) is 34.1 Å². The summed E-state index contributed by atoms with van der Waals surface area (Å²) in [5.74, 6) is 1.18. The Morgan fingerprint density at radius 3 is 2.48 bits per heavy atom. The van der Waals surface area contributed by atoms with E-state index in [4.69, 9.17) is 10.7 Å². The van der Waals surface area contributed by atoms with E-state index in [1.165, 1.54) is 4.90 Å². The average Bonchev–Trinajstić information content (AvgIpc) is 3.05. The van der Waals surface area contributed by atoms with Gasteiger partial charge in [0.25, 0.3) is 0 Å². The summed E-state index contributed by atoms with van der Waals surface area (Å²) in [5.41, 5.74) is 8.65. The van der Waals surface area contributed by atoms with Gasteiger partial charge < -0.3 is 5.73 Å². The number of nitrogens with two attached hydrogens (primary N) is 1. The summed E-state index contributed by atoms with van der Waals surface area (Å²) in [6.45, 7) is 0. The summed E-state index contributed by atoms with van der Waals surface area (Å²) >= 11 is 5.18. The number of nitrogens with zero attached hydrogens (tertiary/aromatic N) is 2. The van der Waals surface area contributed by atoms with Crippen molar-refractivity contribution in [2.45, 2.75) is 10.6 Å². The second-order valence-electron chi connectivity index (χ2n) is 6.01. The highest BCUT2D eigenvalue weighted by atomic mass is 79.9. The van der Waals surface area contributed by atoms with E-state index in [1.807, 2.05) is 36.4 Å². The van der Waals surface area contributed by atoms with Crippen molar-refractivity contribution >= 4 is 44.6 Å². The van der Waals surface area contributed by atoms with Crippen LogP contribution in [0.2, 0.25) is 0 Å². The number of imidazole rings is 1. The Morgan fingerprint density at radius 1 is 1.04 bits per heavy atom. The van der Waals surface area contributed by atoms with Crippen LogP contribution >= 0.6 is 27.7 Å². The average molecular weight is 438 g/mol. The van der Waals surface area contributed by atoms with Crippen molar-refractivity contribution < 1.29 is 4.79 Å². The number of fused-ring (bicyclic) bond motifs is 1. The lowest BCUT2D eigenvalue weighted by molar-refractivity contribution is 0.100. The summed E-state index contributed by atoms with van der Waals surface area (Å²) in [6, 6.07) is 23.7. The molecular weight excluding hydrogens is 422 g/mol. The number of halogens is 1. The van der Waals surface area contributed by atoms with Gasteiger partial charge in [-0.3, -0.25) is 9.36 Å². The van der Waals surface area contributed by atoms with E-state index in [-0.39, 0.29) is 0 Å². The van der Waals surface area contributed by atoms with E-state index in [9.17, 15) is 4.79 Å². The second-order valence-corrected chi connectivity index (χ2v) is 7.97. The molecule has 134 valence electrons. The molecule has 0 bridgehead atoms. The molecule has 0 spiro atoms. The van der Waals surface area contributed by atoms with E-state index >= 15 is 0 Å². The number of para-hydroxylation sites is 1. The number of aromatic nitrogens is 2. The third kappa shape index (κ3) is 3.77. The molecule has 0 aliphatic heterocycles. The highest BCUT2D eigenvalue weighted by Gasteiger charge is 2.14. The third-order valence-corrected chi connectivity index (χ3v) is 5.74. The van der Waals surface area contributed by atoms with Gasteiger partial charge in [0, 0.05) is 20.6 Å². The van der Waals surface area contributed by atoms with Crippen molar-refractivity contribution in [2.24, 2.45) is 5.73 Å². The summed E-state index contributed by atoms with van der Waals surface area (Å²) in [6.07, 6.45) is 0. The van der Waals surface area contributed by atoms with Crippen molar-refractivity contribution in [1.82, 2.24) is 9.55 Å². The Bertz CT molecular complexity index is 1110. The monoisotopic (exact) mass is 437 g/mol. The molecule has 27 heavy (non-hydrogen) atoms. The lowest BCUT2D eigenvalue weighted by Gasteiger charge is -2.09. The zero-order valence-corrected chi connectivity index (χ0v) is 16.7. The molecule has 1 heterocycles. The second kappa shape index (κ2) is 7.58. The van der Waals surface area contributed by atoms with Gasteiger partial charge in [0.15, 0.2) is 0 Å². The Morgan fingerprint density at radius 2 is 1.78 bits per heavy atom. The number of rotatable bonds is 5. The maximum Gasteiger partial charge on any atom is 0.248 e. The van der Waals surface area contributed by atoms with Gasteiger partial charge >= 0.3 is 0 Å². The number of carbonyl (C=O) groups is 1. The predicted molar refractivity (Wildman–Crippen MR) is 113 cm³/mol. The van der Waals surface area contributed by atoms with Gasteiger partial charge in [0.1, 0.15) is 5.82 Å². The smallest absolute Gasteiger partial charge is 0.248 e. The van der Waals surface area contributed by atoms with Crippen molar-refractivity contribution in [3.8, 4) is 5.69 Å². The molecule has 0 fully saturated rings. The van der Waals surface area contributed by atoms with E-state index in [0.29, 0.717) is 11.3 Å². The van der Waals surface area contributed by atoms with Gasteiger partial charge in [-0.15, -0.1) is 11.8 Å². The Kier molecular flexibility index (Phi) is 5.01. The number of hydrogen-bond donors (Lipinski definition) is 1. The first-order chi connectivity index (χ1) is 13.1.